The van der Waals surface area contributed by atoms with Gasteiger partial charge in [0.25, 0.3) is 0 Å². The Morgan fingerprint density at radius 3 is 1.95 bits per heavy atom. The van der Waals surface area contributed by atoms with Gasteiger partial charge >= 0.3 is 0 Å². The highest BCUT2D eigenvalue weighted by Gasteiger charge is 2.27. The molecule has 3 atom stereocenters. The molecule has 1 unspecified atom stereocenters. The summed E-state index contributed by atoms with van der Waals surface area (Å²) in [6.45, 7) is 2.05. The van der Waals surface area contributed by atoms with Crippen molar-refractivity contribution in [3.8, 4) is 0 Å². The van der Waals surface area contributed by atoms with Gasteiger partial charge in [-0.05, 0) is 62.0 Å². The van der Waals surface area contributed by atoms with Crippen LogP contribution in [-0.2, 0) is 17.6 Å². The van der Waals surface area contributed by atoms with Crippen LogP contribution in [0.25, 0.3) is 21.5 Å². The Hall–Kier alpha value is -4.88. The quantitative estimate of drug-likeness (QED) is 0.250. The maximum absolute atomic E-state index is 13.6. The van der Waals surface area contributed by atoms with Gasteiger partial charge < -0.3 is 11.1 Å². The van der Waals surface area contributed by atoms with E-state index in [1.807, 2.05) is 60.7 Å². The standard InChI is InChI=1S/C34H32N6O/c1-23(26-9-3-2-4-10-26)40-33(37-38-39-40)32(22-25-16-18-28-12-6-8-14-30(28)20-25)36-34(41)31(35)21-24-15-17-27-11-5-7-13-29(27)19-24/h2-20,23,31-32H,21-22,35H2,1H3,(H,36,41)/t23?,31-,32-/m1/s1. The third-order valence-electron chi connectivity index (χ3n) is 7.66. The number of hydrogen-bond acceptors (Lipinski definition) is 5. The van der Waals surface area contributed by atoms with E-state index in [-0.39, 0.29) is 11.9 Å². The molecule has 3 N–H and O–H groups in total. The van der Waals surface area contributed by atoms with Crippen molar-refractivity contribution in [2.45, 2.75) is 37.9 Å². The van der Waals surface area contributed by atoms with Gasteiger partial charge in [0.2, 0.25) is 5.91 Å². The summed E-state index contributed by atoms with van der Waals surface area (Å²) >= 11 is 0. The fourth-order valence-electron chi connectivity index (χ4n) is 5.38. The van der Waals surface area contributed by atoms with E-state index in [0.717, 1.165) is 38.2 Å². The fourth-order valence-corrected chi connectivity index (χ4v) is 5.38. The predicted octanol–water partition coefficient (Wildman–Crippen LogP) is 5.56. The van der Waals surface area contributed by atoms with Gasteiger partial charge in [0.15, 0.2) is 5.82 Å². The van der Waals surface area contributed by atoms with Gasteiger partial charge in [-0.1, -0.05) is 115 Å². The van der Waals surface area contributed by atoms with Crippen LogP contribution < -0.4 is 11.1 Å². The summed E-state index contributed by atoms with van der Waals surface area (Å²) in [4.78, 5) is 13.6. The van der Waals surface area contributed by atoms with Crippen molar-refractivity contribution in [2.75, 3.05) is 0 Å². The Bertz CT molecular complexity index is 1800. The highest BCUT2D eigenvalue weighted by atomic mass is 16.2. The van der Waals surface area contributed by atoms with Crippen LogP contribution in [0.3, 0.4) is 0 Å². The first-order valence-electron chi connectivity index (χ1n) is 13.9. The normalized spacial score (nSPS) is 13.6. The van der Waals surface area contributed by atoms with E-state index in [1.54, 1.807) is 4.68 Å². The number of hydrogen-bond donors (Lipinski definition) is 2. The average molecular weight is 541 g/mol. The number of nitrogens with one attached hydrogen (secondary N) is 1. The lowest BCUT2D eigenvalue weighted by atomic mass is 9.99. The molecule has 0 aliphatic rings. The lowest BCUT2D eigenvalue weighted by Gasteiger charge is -2.23. The molecule has 1 heterocycles. The minimum absolute atomic E-state index is 0.122. The summed E-state index contributed by atoms with van der Waals surface area (Å²) in [5.74, 6) is 0.339. The van der Waals surface area contributed by atoms with E-state index in [4.69, 9.17) is 5.73 Å². The van der Waals surface area contributed by atoms with E-state index in [0.29, 0.717) is 18.7 Å². The second-order valence-electron chi connectivity index (χ2n) is 10.5. The van der Waals surface area contributed by atoms with Crippen molar-refractivity contribution in [3.05, 3.63) is 138 Å². The molecule has 41 heavy (non-hydrogen) atoms. The number of rotatable bonds is 9. The Morgan fingerprint density at radius 2 is 1.32 bits per heavy atom. The summed E-state index contributed by atoms with van der Waals surface area (Å²) < 4.78 is 1.79. The third-order valence-corrected chi connectivity index (χ3v) is 7.66. The number of carbonyl (C=O) groups is 1. The minimum Gasteiger partial charge on any atom is -0.344 e. The maximum Gasteiger partial charge on any atom is 0.237 e. The van der Waals surface area contributed by atoms with Crippen LogP contribution >= 0.6 is 0 Å². The van der Waals surface area contributed by atoms with E-state index < -0.39 is 12.1 Å². The van der Waals surface area contributed by atoms with Crippen LogP contribution in [0.5, 0.6) is 0 Å². The molecular formula is C34H32N6O. The number of aromatic nitrogens is 4. The number of carbonyl (C=O) groups excluding carboxylic acids is 1. The smallest absolute Gasteiger partial charge is 0.237 e. The monoisotopic (exact) mass is 540 g/mol. The third kappa shape index (κ3) is 5.85. The van der Waals surface area contributed by atoms with E-state index >= 15 is 0 Å². The number of nitrogens with zero attached hydrogens (tertiary/aromatic N) is 4. The number of tetrazole rings is 1. The van der Waals surface area contributed by atoms with Crippen molar-refractivity contribution in [1.29, 1.82) is 0 Å². The molecule has 0 fully saturated rings. The molecule has 0 saturated carbocycles. The van der Waals surface area contributed by atoms with E-state index in [1.165, 1.54) is 0 Å². The summed E-state index contributed by atoms with van der Waals surface area (Å²) in [7, 11) is 0. The van der Waals surface area contributed by atoms with Crippen LogP contribution in [-0.4, -0.2) is 32.2 Å². The molecule has 7 nitrogen and oxygen atoms in total. The topological polar surface area (TPSA) is 98.7 Å². The summed E-state index contributed by atoms with van der Waals surface area (Å²) in [6.07, 6.45) is 0.936. The number of nitrogens with two attached hydrogens (primary N) is 1. The van der Waals surface area contributed by atoms with E-state index in [2.05, 4.69) is 82.4 Å². The molecule has 0 bridgehead atoms. The molecule has 0 aliphatic carbocycles. The van der Waals surface area contributed by atoms with Gasteiger partial charge in [-0.25, -0.2) is 4.68 Å². The van der Waals surface area contributed by atoms with Gasteiger partial charge in [0.05, 0.1) is 18.1 Å². The SMILES string of the molecule is CC(c1ccccc1)n1nnnc1[C@@H](Cc1ccc2ccccc2c1)NC(=O)[C@H](N)Cc1ccc2ccccc2c1. The average Bonchev–Trinajstić information content (AvgIpc) is 3.51. The first-order chi connectivity index (χ1) is 20.0. The van der Waals surface area contributed by atoms with Crippen LogP contribution in [0.1, 0.15) is 41.5 Å². The Morgan fingerprint density at radius 1 is 0.756 bits per heavy atom. The highest BCUT2D eigenvalue weighted by molar-refractivity contribution is 5.85. The summed E-state index contributed by atoms with van der Waals surface area (Å²) in [6, 6.07) is 37.7. The Labute approximate surface area is 239 Å². The minimum atomic E-state index is -0.730. The first kappa shape index (κ1) is 26.3. The summed E-state index contributed by atoms with van der Waals surface area (Å²) in [5.41, 5.74) is 9.64. The van der Waals surface area contributed by atoms with E-state index in [9.17, 15) is 4.79 Å². The first-order valence-corrected chi connectivity index (χ1v) is 13.9. The number of fused-ring (bicyclic) bond motifs is 2. The van der Waals surface area contributed by atoms with Gasteiger partial charge in [-0.2, -0.15) is 0 Å². The molecule has 0 spiro atoms. The Kier molecular flexibility index (Phi) is 7.52. The highest BCUT2D eigenvalue weighted by Crippen LogP contribution is 2.25. The van der Waals surface area contributed by atoms with Crippen LogP contribution in [0.2, 0.25) is 0 Å². The Balaban J connectivity index is 1.28. The summed E-state index contributed by atoms with van der Waals surface area (Å²) in [5, 5.41) is 20.5. The molecule has 1 aromatic heterocycles. The molecule has 6 aromatic rings. The zero-order valence-electron chi connectivity index (χ0n) is 22.9. The van der Waals surface area contributed by atoms with Crippen LogP contribution in [0.15, 0.2) is 115 Å². The van der Waals surface area contributed by atoms with Crippen molar-refractivity contribution in [1.82, 2.24) is 25.5 Å². The van der Waals surface area contributed by atoms with Gasteiger partial charge in [0.1, 0.15) is 0 Å². The molecule has 0 saturated heterocycles. The lowest BCUT2D eigenvalue weighted by Crippen LogP contribution is -2.44. The van der Waals surface area contributed by atoms with Crippen molar-refractivity contribution in [2.24, 2.45) is 5.73 Å². The van der Waals surface area contributed by atoms with Crippen molar-refractivity contribution in [3.63, 3.8) is 0 Å². The molecular weight excluding hydrogens is 508 g/mol. The van der Waals surface area contributed by atoms with Gasteiger partial charge in [-0.15, -0.1) is 5.10 Å². The largest absolute Gasteiger partial charge is 0.344 e. The predicted molar refractivity (Wildman–Crippen MR) is 162 cm³/mol. The van der Waals surface area contributed by atoms with Crippen molar-refractivity contribution < 1.29 is 4.79 Å². The molecule has 1 amide bonds. The second kappa shape index (κ2) is 11.7. The molecule has 204 valence electrons. The zero-order chi connectivity index (χ0) is 28.2. The maximum atomic E-state index is 13.6. The lowest BCUT2D eigenvalue weighted by molar-refractivity contribution is -0.123. The molecule has 5 aromatic carbocycles. The second-order valence-corrected chi connectivity index (χ2v) is 10.5. The molecule has 7 heteroatoms. The van der Waals surface area contributed by atoms with Crippen LogP contribution in [0.4, 0.5) is 0 Å². The molecule has 0 aliphatic heterocycles. The molecule has 0 radical (unpaired) electrons. The zero-order valence-corrected chi connectivity index (χ0v) is 22.9. The fraction of sp³-hybridized carbons (Fsp3) is 0.176. The number of amides is 1. The molecule has 6 rings (SSSR count). The van der Waals surface area contributed by atoms with Gasteiger partial charge in [-0.3, -0.25) is 4.79 Å². The number of benzene rings is 5. The van der Waals surface area contributed by atoms with Crippen LogP contribution in [0, 0.1) is 0 Å². The van der Waals surface area contributed by atoms with Gasteiger partial charge in [0, 0.05) is 6.42 Å². The van der Waals surface area contributed by atoms with Crippen molar-refractivity contribution >= 4 is 27.5 Å².